The fourth-order valence-electron chi connectivity index (χ4n) is 5.65. The summed E-state index contributed by atoms with van der Waals surface area (Å²) in [6.45, 7) is 12.0. The van der Waals surface area contributed by atoms with Crippen LogP contribution >= 0.6 is 0 Å². The van der Waals surface area contributed by atoms with Crippen LogP contribution in [0.3, 0.4) is 0 Å². The molecule has 0 unspecified atom stereocenters. The van der Waals surface area contributed by atoms with E-state index in [-0.39, 0.29) is 6.09 Å². The van der Waals surface area contributed by atoms with Crippen molar-refractivity contribution in [1.29, 1.82) is 0 Å². The highest BCUT2D eigenvalue weighted by Crippen LogP contribution is 2.40. The lowest BCUT2D eigenvalue weighted by atomic mass is 10.0. The summed E-state index contributed by atoms with van der Waals surface area (Å²) in [5.41, 5.74) is 8.37. The van der Waals surface area contributed by atoms with Gasteiger partial charge in [-0.2, -0.15) is 0 Å². The summed E-state index contributed by atoms with van der Waals surface area (Å²) in [6.07, 6.45) is 4.36. The maximum absolute atomic E-state index is 13.0. The molecule has 1 aromatic carbocycles. The quantitative estimate of drug-likeness (QED) is 0.499. The van der Waals surface area contributed by atoms with E-state index in [1.54, 1.807) is 4.90 Å². The number of fused-ring (bicyclic) bond motifs is 3. The van der Waals surface area contributed by atoms with Crippen LogP contribution in [0, 0.1) is 6.92 Å². The zero-order valence-corrected chi connectivity index (χ0v) is 23.4. The van der Waals surface area contributed by atoms with Crippen molar-refractivity contribution in [3.63, 3.8) is 0 Å². The van der Waals surface area contributed by atoms with Crippen molar-refractivity contribution >= 4 is 29.0 Å². The van der Waals surface area contributed by atoms with E-state index < -0.39 is 5.60 Å². The van der Waals surface area contributed by atoms with E-state index in [1.165, 1.54) is 22.3 Å². The molecule has 0 fully saturated rings. The first-order valence-corrected chi connectivity index (χ1v) is 13.6. The molecule has 3 aliphatic heterocycles. The first-order valence-electron chi connectivity index (χ1n) is 13.6. The molecule has 1 N–H and O–H groups in total. The van der Waals surface area contributed by atoms with Gasteiger partial charge in [0.2, 0.25) is 5.88 Å². The fraction of sp³-hybridized carbons (Fsp3) is 0.433. The normalized spacial score (nSPS) is 16.7. The summed E-state index contributed by atoms with van der Waals surface area (Å²) < 4.78 is 11.5. The molecule has 0 radical (unpaired) electrons. The monoisotopic (exact) mass is 528 g/mol. The fourth-order valence-corrected chi connectivity index (χ4v) is 5.65. The van der Waals surface area contributed by atoms with Gasteiger partial charge in [0.1, 0.15) is 23.7 Å². The molecule has 3 aliphatic rings. The van der Waals surface area contributed by atoms with Gasteiger partial charge in [0.15, 0.2) is 0 Å². The number of nitrogens with one attached hydrogen (secondary N) is 1. The van der Waals surface area contributed by atoms with Crippen LogP contribution in [0.25, 0.3) is 0 Å². The lowest BCUT2D eigenvalue weighted by Gasteiger charge is -2.35. The SMILES string of the molecule is Cc1c(N2CCc3cnc(Nc4ccc5c(c4)CN(C)C5)cc3C2)cnc2c1N(C(=O)OC(C)(C)C)CCO2. The van der Waals surface area contributed by atoms with Crippen LogP contribution in [0.2, 0.25) is 0 Å². The third-order valence-electron chi connectivity index (χ3n) is 7.48. The number of hydrogen-bond donors (Lipinski definition) is 1. The minimum atomic E-state index is -0.582. The molecule has 0 spiro atoms. The number of anilines is 4. The molecule has 0 atom stereocenters. The highest BCUT2D eigenvalue weighted by Gasteiger charge is 2.32. The number of carbonyl (C=O) groups excluding carboxylic acids is 1. The van der Waals surface area contributed by atoms with Crippen molar-refractivity contribution in [1.82, 2.24) is 14.9 Å². The Kier molecular flexibility index (Phi) is 6.33. The van der Waals surface area contributed by atoms with E-state index in [2.05, 4.69) is 51.4 Å². The van der Waals surface area contributed by atoms with Crippen LogP contribution in [0.15, 0.2) is 36.7 Å². The van der Waals surface area contributed by atoms with Crippen molar-refractivity contribution in [3.05, 3.63) is 64.5 Å². The Balaban J connectivity index is 1.24. The Hall–Kier alpha value is -3.85. The third-order valence-corrected chi connectivity index (χ3v) is 7.48. The van der Waals surface area contributed by atoms with Crippen LogP contribution in [0.1, 0.15) is 48.6 Å². The van der Waals surface area contributed by atoms with Crippen molar-refractivity contribution < 1.29 is 14.3 Å². The van der Waals surface area contributed by atoms with Gasteiger partial charge in [0.25, 0.3) is 0 Å². The molecule has 5 heterocycles. The maximum atomic E-state index is 13.0. The van der Waals surface area contributed by atoms with E-state index in [4.69, 9.17) is 14.5 Å². The Labute approximate surface area is 229 Å². The van der Waals surface area contributed by atoms with Crippen LogP contribution in [0.5, 0.6) is 5.88 Å². The molecule has 1 amide bonds. The number of benzene rings is 1. The number of pyridine rings is 2. The van der Waals surface area contributed by atoms with Gasteiger partial charge in [-0.05, 0) is 81.6 Å². The Bertz CT molecular complexity index is 1430. The average Bonchev–Trinajstić information content (AvgIpc) is 3.26. The Morgan fingerprint density at radius 1 is 1.00 bits per heavy atom. The van der Waals surface area contributed by atoms with E-state index >= 15 is 0 Å². The summed E-state index contributed by atoms with van der Waals surface area (Å²) in [5.74, 6) is 1.31. The van der Waals surface area contributed by atoms with Gasteiger partial charge in [-0.15, -0.1) is 0 Å². The lowest BCUT2D eigenvalue weighted by Crippen LogP contribution is -2.42. The van der Waals surface area contributed by atoms with Gasteiger partial charge in [0, 0.05) is 43.6 Å². The largest absolute Gasteiger partial charge is 0.474 e. The van der Waals surface area contributed by atoms with Crippen molar-refractivity contribution in [3.8, 4) is 5.88 Å². The summed E-state index contributed by atoms with van der Waals surface area (Å²) >= 11 is 0. The smallest absolute Gasteiger partial charge is 0.415 e. The molecule has 0 saturated carbocycles. The number of carbonyl (C=O) groups is 1. The first-order chi connectivity index (χ1) is 18.6. The van der Waals surface area contributed by atoms with Gasteiger partial charge in [0.05, 0.1) is 18.4 Å². The molecule has 0 bridgehead atoms. The topological polar surface area (TPSA) is 83.1 Å². The molecule has 2 aromatic heterocycles. The van der Waals surface area contributed by atoms with Crippen LogP contribution in [-0.4, -0.2) is 53.3 Å². The van der Waals surface area contributed by atoms with E-state index in [0.717, 1.165) is 55.4 Å². The minimum Gasteiger partial charge on any atom is -0.474 e. The Morgan fingerprint density at radius 3 is 2.62 bits per heavy atom. The van der Waals surface area contributed by atoms with Gasteiger partial charge in [-0.25, -0.2) is 14.8 Å². The minimum absolute atomic E-state index is 0.377. The lowest BCUT2D eigenvalue weighted by molar-refractivity contribution is 0.0566. The number of amides is 1. The molecular formula is C30H36N6O3. The number of hydrogen-bond acceptors (Lipinski definition) is 8. The number of nitrogens with zero attached hydrogens (tertiary/aromatic N) is 5. The summed E-state index contributed by atoms with van der Waals surface area (Å²) in [7, 11) is 2.14. The molecule has 3 aromatic rings. The molecule has 0 aliphatic carbocycles. The van der Waals surface area contributed by atoms with Crippen LogP contribution in [-0.2, 0) is 30.8 Å². The van der Waals surface area contributed by atoms with Gasteiger partial charge in [-0.1, -0.05) is 6.07 Å². The second-order valence-corrected chi connectivity index (χ2v) is 11.7. The van der Waals surface area contributed by atoms with Gasteiger partial charge < -0.3 is 19.7 Å². The molecule has 9 nitrogen and oxygen atoms in total. The Morgan fingerprint density at radius 2 is 1.79 bits per heavy atom. The van der Waals surface area contributed by atoms with E-state index in [1.807, 2.05) is 40.1 Å². The maximum Gasteiger partial charge on any atom is 0.415 e. The van der Waals surface area contributed by atoms with Crippen molar-refractivity contribution in [2.45, 2.75) is 59.4 Å². The van der Waals surface area contributed by atoms with E-state index in [0.29, 0.717) is 24.7 Å². The number of rotatable bonds is 3. The highest BCUT2D eigenvalue weighted by atomic mass is 16.6. The average molecular weight is 529 g/mol. The van der Waals surface area contributed by atoms with Crippen molar-refractivity contribution in [2.75, 3.05) is 41.9 Å². The van der Waals surface area contributed by atoms with E-state index in [9.17, 15) is 4.79 Å². The summed E-state index contributed by atoms with van der Waals surface area (Å²) in [5, 5.41) is 3.51. The second kappa shape index (κ2) is 9.72. The zero-order valence-electron chi connectivity index (χ0n) is 23.4. The molecule has 39 heavy (non-hydrogen) atoms. The predicted molar refractivity (Wildman–Crippen MR) is 152 cm³/mol. The van der Waals surface area contributed by atoms with Crippen LogP contribution < -0.4 is 19.9 Å². The molecular weight excluding hydrogens is 492 g/mol. The molecule has 9 heteroatoms. The standard InChI is InChI=1S/C30H36N6O3/c1-19-25(15-32-28-27(19)36(10-11-38-28)29(37)39-30(2,3)4)35-9-8-20-14-31-26(13-23(20)18-35)33-24-7-6-21-16-34(5)17-22(21)12-24/h6-7,12-15H,8-11,16-18H2,1-5H3,(H,31,33). The number of ether oxygens (including phenoxy) is 2. The summed E-state index contributed by atoms with van der Waals surface area (Å²) in [4.78, 5) is 28.6. The molecule has 0 saturated heterocycles. The second-order valence-electron chi connectivity index (χ2n) is 11.7. The van der Waals surface area contributed by atoms with Crippen LogP contribution in [0.4, 0.5) is 27.7 Å². The van der Waals surface area contributed by atoms with Gasteiger partial charge >= 0.3 is 6.09 Å². The first kappa shape index (κ1) is 25.4. The zero-order chi connectivity index (χ0) is 27.3. The van der Waals surface area contributed by atoms with Gasteiger partial charge in [-0.3, -0.25) is 9.80 Å². The molecule has 6 rings (SSSR count). The third kappa shape index (κ3) is 5.11. The number of aromatic nitrogens is 2. The highest BCUT2D eigenvalue weighted by molar-refractivity contribution is 5.92. The summed E-state index contributed by atoms with van der Waals surface area (Å²) in [6, 6.07) is 8.72. The van der Waals surface area contributed by atoms with Crippen molar-refractivity contribution in [2.24, 2.45) is 0 Å². The predicted octanol–water partition coefficient (Wildman–Crippen LogP) is 5.17. The molecule has 204 valence electrons.